The summed E-state index contributed by atoms with van der Waals surface area (Å²) >= 11 is 3.66. The Morgan fingerprint density at radius 1 is 1.18 bits per heavy atom. The van der Waals surface area contributed by atoms with Gasteiger partial charge in [0.2, 0.25) is 5.91 Å². The lowest BCUT2D eigenvalue weighted by atomic mass is 10.2. The number of aromatic nitrogens is 1. The number of nitrogens with zero attached hydrogens (tertiary/aromatic N) is 3. The van der Waals surface area contributed by atoms with Gasteiger partial charge in [-0.15, -0.1) is 0 Å². The van der Waals surface area contributed by atoms with Crippen molar-refractivity contribution in [3.05, 3.63) is 34.4 Å². The van der Waals surface area contributed by atoms with Crippen LogP contribution in [0.4, 0.5) is 0 Å². The van der Waals surface area contributed by atoms with E-state index >= 15 is 0 Å². The van der Waals surface area contributed by atoms with Crippen molar-refractivity contribution in [1.29, 1.82) is 0 Å². The molecule has 0 bridgehead atoms. The molecule has 22 heavy (non-hydrogen) atoms. The van der Waals surface area contributed by atoms with Crippen molar-refractivity contribution in [1.82, 2.24) is 14.4 Å². The van der Waals surface area contributed by atoms with E-state index in [-0.39, 0.29) is 5.91 Å². The van der Waals surface area contributed by atoms with E-state index in [1.54, 1.807) is 0 Å². The molecule has 2 heterocycles. The Morgan fingerprint density at radius 3 is 2.77 bits per heavy atom. The molecule has 5 heteroatoms. The van der Waals surface area contributed by atoms with Gasteiger partial charge in [-0.1, -0.05) is 18.2 Å². The third-order valence-electron chi connectivity index (χ3n) is 4.52. The summed E-state index contributed by atoms with van der Waals surface area (Å²) in [5.41, 5.74) is 2.23. The standard InChI is InChI=1S/C17H22BrN3O/c1-13-17(18)14-6-3-4-7-15(14)21(13)12-16(22)20-9-5-8-19(2)10-11-20/h3-4,6-7H,5,8-12H2,1-2H3. The predicted octanol–water partition coefficient (Wildman–Crippen LogP) is 2.88. The van der Waals surface area contributed by atoms with Crippen LogP contribution in [0.3, 0.4) is 0 Å². The minimum atomic E-state index is 0.214. The second-order valence-electron chi connectivity index (χ2n) is 6.04. The largest absolute Gasteiger partial charge is 0.340 e. The van der Waals surface area contributed by atoms with E-state index < -0.39 is 0 Å². The third kappa shape index (κ3) is 2.92. The van der Waals surface area contributed by atoms with Crippen molar-refractivity contribution >= 4 is 32.7 Å². The SMILES string of the molecule is Cc1c(Br)c2ccccc2n1CC(=O)N1CCCN(C)CC1. The molecule has 0 saturated carbocycles. The summed E-state index contributed by atoms with van der Waals surface area (Å²) in [6.45, 7) is 6.20. The van der Waals surface area contributed by atoms with E-state index in [2.05, 4.69) is 51.5 Å². The lowest BCUT2D eigenvalue weighted by molar-refractivity contribution is -0.131. The Labute approximate surface area is 139 Å². The van der Waals surface area contributed by atoms with Crippen LogP contribution in [0.1, 0.15) is 12.1 Å². The number of likely N-dealkylation sites (N-methyl/N-ethyl adjacent to an activating group) is 1. The Balaban J connectivity index is 1.84. The maximum absolute atomic E-state index is 12.7. The molecule has 0 radical (unpaired) electrons. The molecule has 2 aromatic rings. The number of benzene rings is 1. The summed E-state index contributed by atoms with van der Waals surface area (Å²) in [6, 6.07) is 8.23. The monoisotopic (exact) mass is 363 g/mol. The molecule has 1 fully saturated rings. The van der Waals surface area contributed by atoms with Gasteiger partial charge >= 0.3 is 0 Å². The summed E-state index contributed by atoms with van der Waals surface area (Å²) in [6.07, 6.45) is 1.05. The van der Waals surface area contributed by atoms with Crippen molar-refractivity contribution < 1.29 is 4.79 Å². The molecule has 0 aliphatic carbocycles. The van der Waals surface area contributed by atoms with Crippen LogP contribution in [0.25, 0.3) is 10.9 Å². The van der Waals surface area contributed by atoms with Gasteiger partial charge in [-0.3, -0.25) is 4.79 Å². The van der Waals surface area contributed by atoms with Crippen molar-refractivity contribution in [2.75, 3.05) is 33.2 Å². The average Bonchev–Trinajstić information content (AvgIpc) is 2.69. The summed E-state index contributed by atoms with van der Waals surface area (Å²) in [4.78, 5) is 17.0. The fraction of sp³-hybridized carbons (Fsp3) is 0.471. The number of hydrogen-bond donors (Lipinski definition) is 0. The zero-order valence-corrected chi connectivity index (χ0v) is 14.8. The molecule has 1 aromatic carbocycles. The number of carbonyl (C=O) groups excluding carboxylic acids is 1. The molecule has 0 atom stereocenters. The van der Waals surface area contributed by atoms with Crippen LogP contribution in [-0.2, 0) is 11.3 Å². The molecular formula is C17H22BrN3O. The van der Waals surface area contributed by atoms with Gasteiger partial charge in [0.1, 0.15) is 6.54 Å². The normalized spacial score (nSPS) is 17.0. The first-order valence-corrected chi connectivity index (χ1v) is 8.57. The molecule has 1 aliphatic heterocycles. The van der Waals surface area contributed by atoms with Gasteiger partial charge in [0.25, 0.3) is 0 Å². The molecule has 0 spiro atoms. The second-order valence-corrected chi connectivity index (χ2v) is 6.83. The first-order chi connectivity index (χ1) is 10.6. The highest BCUT2D eigenvalue weighted by molar-refractivity contribution is 9.10. The lowest BCUT2D eigenvalue weighted by Gasteiger charge is -2.21. The number of hydrogen-bond acceptors (Lipinski definition) is 2. The fourth-order valence-electron chi connectivity index (χ4n) is 3.12. The second kappa shape index (κ2) is 6.42. The summed E-state index contributed by atoms with van der Waals surface area (Å²) < 4.78 is 3.21. The van der Waals surface area contributed by atoms with Crippen molar-refractivity contribution in [2.45, 2.75) is 19.9 Å². The molecule has 3 rings (SSSR count). The number of amides is 1. The summed E-state index contributed by atoms with van der Waals surface area (Å²) in [5.74, 6) is 0.214. The Morgan fingerprint density at radius 2 is 1.95 bits per heavy atom. The number of rotatable bonds is 2. The van der Waals surface area contributed by atoms with Crippen LogP contribution < -0.4 is 0 Å². The van der Waals surface area contributed by atoms with Gasteiger partial charge in [-0.2, -0.15) is 0 Å². The third-order valence-corrected chi connectivity index (χ3v) is 5.52. The van der Waals surface area contributed by atoms with Crippen LogP contribution in [0.15, 0.2) is 28.7 Å². The summed E-state index contributed by atoms with van der Waals surface area (Å²) in [5, 5.41) is 1.17. The molecular weight excluding hydrogens is 342 g/mol. The van der Waals surface area contributed by atoms with Crippen LogP contribution >= 0.6 is 15.9 Å². The number of halogens is 1. The highest BCUT2D eigenvalue weighted by Gasteiger charge is 2.20. The smallest absolute Gasteiger partial charge is 0.242 e. The minimum absolute atomic E-state index is 0.214. The highest BCUT2D eigenvalue weighted by Crippen LogP contribution is 2.30. The summed E-state index contributed by atoms with van der Waals surface area (Å²) in [7, 11) is 2.12. The molecule has 118 valence electrons. The van der Waals surface area contributed by atoms with E-state index in [1.807, 2.05) is 17.0 Å². The molecule has 1 saturated heterocycles. The van der Waals surface area contributed by atoms with E-state index in [9.17, 15) is 4.79 Å². The molecule has 0 unspecified atom stereocenters. The zero-order chi connectivity index (χ0) is 15.7. The Kier molecular flexibility index (Phi) is 4.54. The van der Waals surface area contributed by atoms with Gasteiger partial charge in [0.15, 0.2) is 0 Å². The molecule has 0 N–H and O–H groups in total. The maximum atomic E-state index is 12.7. The van der Waals surface area contributed by atoms with Crippen molar-refractivity contribution in [3.63, 3.8) is 0 Å². The lowest BCUT2D eigenvalue weighted by Crippen LogP contribution is -2.36. The quantitative estimate of drug-likeness (QED) is 0.820. The van der Waals surface area contributed by atoms with Gasteiger partial charge in [0.05, 0.1) is 0 Å². The fourth-order valence-corrected chi connectivity index (χ4v) is 3.67. The van der Waals surface area contributed by atoms with Crippen molar-refractivity contribution in [3.8, 4) is 0 Å². The van der Waals surface area contributed by atoms with E-state index in [4.69, 9.17) is 0 Å². The van der Waals surface area contributed by atoms with Gasteiger partial charge in [-0.05, 0) is 48.9 Å². The topological polar surface area (TPSA) is 28.5 Å². The van der Waals surface area contributed by atoms with E-state index in [0.717, 1.165) is 48.3 Å². The van der Waals surface area contributed by atoms with Crippen LogP contribution in [0, 0.1) is 6.92 Å². The van der Waals surface area contributed by atoms with E-state index in [0.29, 0.717) is 6.54 Å². The average molecular weight is 364 g/mol. The molecule has 1 aromatic heterocycles. The number of fused-ring (bicyclic) bond motifs is 1. The van der Waals surface area contributed by atoms with Crippen LogP contribution in [0.5, 0.6) is 0 Å². The molecule has 1 aliphatic rings. The number of para-hydroxylation sites is 1. The Hall–Kier alpha value is -1.33. The zero-order valence-electron chi connectivity index (χ0n) is 13.2. The first kappa shape index (κ1) is 15.6. The predicted molar refractivity (Wildman–Crippen MR) is 93.1 cm³/mol. The van der Waals surface area contributed by atoms with Gasteiger partial charge in [0, 0.05) is 40.7 Å². The van der Waals surface area contributed by atoms with Crippen LogP contribution in [0.2, 0.25) is 0 Å². The highest BCUT2D eigenvalue weighted by atomic mass is 79.9. The molecule has 4 nitrogen and oxygen atoms in total. The van der Waals surface area contributed by atoms with E-state index in [1.165, 1.54) is 5.39 Å². The van der Waals surface area contributed by atoms with Gasteiger partial charge in [-0.25, -0.2) is 0 Å². The van der Waals surface area contributed by atoms with Crippen LogP contribution in [-0.4, -0.2) is 53.5 Å². The van der Waals surface area contributed by atoms with Gasteiger partial charge < -0.3 is 14.4 Å². The Bertz CT molecular complexity index is 695. The minimum Gasteiger partial charge on any atom is -0.340 e. The first-order valence-electron chi connectivity index (χ1n) is 7.77. The number of carbonyl (C=O) groups is 1. The van der Waals surface area contributed by atoms with Crippen molar-refractivity contribution in [2.24, 2.45) is 0 Å². The maximum Gasteiger partial charge on any atom is 0.242 e. The molecule has 1 amide bonds.